The number of nitrogens with zero attached hydrogens (tertiary/aromatic N) is 3. The number of piperidine rings is 1. The molecular formula is C28H29FN4O2. The highest BCUT2D eigenvalue weighted by Gasteiger charge is 2.33. The molecule has 35 heavy (non-hydrogen) atoms. The molecule has 2 aromatic heterocycles. The number of hydrogen-bond donors (Lipinski definition) is 1. The number of rotatable bonds is 5. The van der Waals surface area contributed by atoms with Crippen molar-refractivity contribution in [1.82, 2.24) is 14.9 Å². The number of pyridine rings is 1. The van der Waals surface area contributed by atoms with Gasteiger partial charge in [0.05, 0.1) is 6.04 Å². The van der Waals surface area contributed by atoms with Crippen LogP contribution in [-0.2, 0) is 0 Å². The van der Waals surface area contributed by atoms with Crippen molar-refractivity contribution >= 4 is 23.0 Å². The van der Waals surface area contributed by atoms with E-state index in [0.29, 0.717) is 41.7 Å². The molecule has 2 aromatic carbocycles. The van der Waals surface area contributed by atoms with E-state index in [-0.39, 0.29) is 17.8 Å². The van der Waals surface area contributed by atoms with E-state index in [0.717, 1.165) is 35.2 Å². The number of likely N-dealkylation sites (tertiary alicyclic amines) is 1. The predicted octanol–water partition coefficient (Wildman–Crippen LogP) is 6.00. The first kappa shape index (κ1) is 23.0. The van der Waals surface area contributed by atoms with E-state index in [1.54, 1.807) is 6.07 Å². The van der Waals surface area contributed by atoms with Gasteiger partial charge in [0.25, 0.3) is 11.9 Å². The third-order valence-electron chi connectivity index (χ3n) is 6.82. The average Bonchev–Trinajstić information content (AvgIpc) is 3.25. The summed E-state index contributed by atoms with van der Waals surface area (Å²) in [5.74, 6) is -0.0358. The second-order valence-electron chi connectivity index (χ2n) is 9.43. The molecule has 0 radical (unpaired) electrons. The van der Waals surface area contributed by atoms with Crippen molar-refractivity contribution in [2.24, 2.45) is 5.92 Å². The molecule has 2 unspecified atom stereocenters. The monoisotopic (exact) mass is 472 g/mol. The van der Waals surface area contributed by atoms with Crippen molar-refractivity contribution in [2.45, 2.75) is 39.7 Å². The van der Waals surface area contributed by atoms with E-state index in [1.165, 1.54) is 12.1 Å². The summed E-state index contributed by atoms with van der Waals surface area (Å²) in [4.78, 5) is 24.7. The highest BCUT2D eigenvalue weighted by molar-refractivity contribution is 6.01. The molecule has 1 fully saturated rings. The molecular weight excluding hydrogens is 443 g/mol. The summed E-state index contributed by atoms with van der Waals surface area (Å²) in [6.07, 6.45) is 3.82. The Balaban J connectivity index is 1.42. The maximum absolute atomic E-state index is 14.0. The van der Waals surface area contributed by atoms with Gasteiger partial charge in [-0.15, -0.1) is 0 Å². The molecule has 0 spiro atoms. The van der Waals surface area contributed by atoms with Gasteiger partial charge in [0.2, 0.25) is 0 Å². The topological polar surface area (TPSA) is 71.3 Å². The summed E-state index contributed by atoms with van der Waals surface area (Å²) in [6.45, 7) is 7.31. The molecule has 1 saturated heterocycles. The summed E-state index contributed by atoms with van der Waals surface area (Å²) < 4.78 is 19.3. The molecule has 7 heteroatoms. The van der Waals surface area contributed by atoms with E-state index in [9.17, 15) is 9.18 Å². The van der Waals surface area contributed by atoms with Crippen LogP contribution in [0.1, 0.15) is 41.4 Å². The Morgan fingerprint density at radius 3 is 2.83 bits per heavy atom. The number of aryl methyl sites for hydroxylation is 2. The van der Waals surface area contributed by atoms with Crippen LogP contribution in [0.3, 0.4) is 0 Å². The molecule has 4 aromatic rings. The van der Waals surface area contributed by atoms with Crippen molar-refractivity contribution in [1.29, 1.82) is 0 Å². The number of nitrogens with one attached hydrogen (secondary N) is 1. The van der Waals surface area contributed by atoms with Gasteiger partial charge >= 0.3 is 0 Å². The smallest absolute Gasteiger partial charge is 0.295 e. The Morgan fingerprint density at radius 1 is 1.17 bits per heavy atom. The summed E-state index contributed by atoms with van der Waals surface area (Å²) in [6, 6.07) is 14.5. The minimum absolute atomic E-state index is 0.0160. The number of carbonyl (C=O) groups is 1. The number of halogens is 1. The van der Waals surface area contributed by atoms with Crippen molar-refractivity contribution in [3.05, 3.63) is 77.4 Å². The number of anilines is 1. The van der Waals surface area contributed by atoms with Crippen molar-refractivity contribution in [3.8, 4) is 11.1 Å². The standard InChI is InChI=1S/C28H29FN4O2/c1-17-6-10-22(20-8-7-19(3)30-15-20)23(13-17)27(34)33-12-4-5-18(2)25(33)16-31-28-32-24-14-21(29)9-11-26(24)35-28/h6-11,13-15,18,25H,4-5,12,16H2,1-3H3,(H,31,32). The van der Waals surface area contributed by atoms with Gasteiger partial charge in [0, 0.05) is 42.2 Å². The zero-order valence-electron chi connectivity index (χ0n) is 20.2. The third-order valence-corrected chi connectivity index (χ3v) is 6.82. The average molecular weight is 473 g/mol. The number of benzene rings is 2. The van der Waals surface area contributed by atoms with Crippen LogP contribution in [0.5, 0.6) is 0 Å². The normalized spacial score (nSPS) is 18.1. The van der Waals surface area contributed by atoms with Crippen molar-refractivity contribution in [2.75, 3.05) is 18.4 Å². The number of fused-ring (bicyclic) bond motifs is 1. The second kappa shape index (κ2) is 9.49. The summed E-state index contributed by atoms with van der Waals surface area (Å²) in [5.41, 5.74) is 5.47. The lowest BCUT2D eigenvalue weighted by Crippen LogP contribution is -2.51. The van der Waals surface area contributed by atoms with Gasteiger partial charge in [0.15, 0.2) is 5.58 Å². The molecule has 1 amide bonds. The summed E-state index contributed by atoms with van der Waals surface area (Å²) >= 11 is 0. The molecule has 1 N–H and O–H groups in total. The molecule has 0 bridgehead atoms. The first-order chi connectivity index (χ1) is 16.9. The highest BCUT2D eigenvalue weighted by atomic mass is 19.1. The SMILES string of the molecule is Cc1ccc(-c2ccc(C)nc2)c(C(=O)N2CCCC(C)C2CNc2nc3cc(F)ccc3o2)c1. The third kappa shape index (κ3) is 4.76. The van der Waals surface area contributed by atoms with Crippen LogP contribution in [-0.4, -0.2) is 39.9 Å². The van der Waals surface area contributed by atoms with Crippen LogP contribution in [0, 0.1) is 25.6 Å². The molecule has 1 aliphatic heterocycles. The van der Waals surface area contributed by atoms with Gasteiger partial charge in [-0.1, -0.05) is 30.7 Å². The molecule has 180 valence electrons. The van der Waals surface area contributed by atoms with Gasteiger partial charge in [-0.05, 0) is 62.4 Å². The fourth-order valence-electron chi connectivity index (χ4n) is 4.85. The molecule has 3 heterocycles. The Bertz CT molecular complexity index is 1370. The van der Waals surface area contributed by atoms with E-state index < -0.39 is 0 Å². The Hall–Kier alpha value is -3.74. The van der Waals surface area contributed by atoms with Crippen molar-refractivity contribution < 1.29 is 13.6 Å². The van der Waals surface area contributed by atoms with Crippen LogP contribution < -0.4 is 5.32 Å². The van der Waals surface area contributed by atoms with E-state index in [2.05, 4.69) is 22.2 Å². The minimum Gasteiger partial charge on any atom is -0.424 e. The highest BCUT2D eigenvalue weighted by Crippen LogP contribution is 2.30. The number of amides is 1. The molecule has 2 atom stereocenters. The molecule has 5 rings (SSSR count). The number of oxazole rings is 1. The lowest BCUT2D eigenvalue weighted by Gasteiger charge is -2.40. The largest absolute Gasteiger partial charge is 0.424 e. The lowest BCUT2D eigenvalue weighted by atomic mass is 9.89. The lowest BCUT2D eigenvalue weighted by molar-refractivity contribution is 0.0540. The van der Waals surface area contributed by atoms with Crippen LogP contribution in [0.25, 0.3) is 22.2 Å². The van der Waals surface area contributed by atoms with Crippen LogP contribution >= 0.6 is 0 Å². The minimum atomic E-state index is -0.354. The molecule has 1 aliphatic rings. The van der Waals surface area contributed by atoms with Gasteiger partial charge in [-0.3, -0.25) is 9.78 Å². The fourth-order valence-corrected chi connectivity index (χ4v) is 4.85. The summed E-state index contributed by atoms with van der Waals surface area (Å²) in [5, 5.41) is 3.25. The summed E-state index contributed by atoms with van der Waals surface area (Å²) in [7, 11) is 0. The van der Waals surface area contributed by atoms with Crippen LogP contribution in [0.4, 0.5) is 10.4 Å². The Morgan fingerprint density at radius 2 is 2.03 bits per heavy atom. The van der Waals surface area contributed by atoms with E-state index in [4.69, 9.17) is 4.42 Å². The van der Waals surface area contributed by atoms with Crippen LogP contribution in [0.15, 0.2) is 59.1 Å². The van der Waals surface area contributed by atoms with Crippen LogP contribution in [0.2, 0.25) is 0 Å². The van der Waals surface area contributed by atoms with Gasteiger partial charge < -0.3 is 14.6 Å². The maximum Gasteiger partial charge on any atom is 0.295 e. The van der Waals surface area contributed by atoms with Crippen molar-refractivity contribution in [3.63, 3.8) is 0 Å². The first-order valence-corrected chi connectivity index (χ1v) is 12.0. The Labute approximate surface area is 204 Å². The molecule has 0 saturated carbocycles. The maximum atomic E-state index is 14.0. The number of carbonyl (C=O) groups excluding carboxylic acids is 1. The predicted molar refractivity (Wildman–Crippen MR) is 135 cm³/mol. The van der Waals surface area contributed by atoms with Gasteiger partial charge in [-0.2, -0.15) is 4.98 Å². The molecule has 6 nitrogen and oxygen atoms in total. The second-order valence-corrected chi connectivity index (χ2v) is 9.43. The zero-order valence-corrected chi connectivity index (χ0v) is 20.2. The Kier molecular flexibility index (Phi) is 6.24. The molecule has 0 aliphatic carbocycles. The van der Waals surface area contributed by atoms with Gasteiger partial charge in [0.1, 0.15) is 11.3 Å². The van der Waals surface area contributed by atoms with E-state index >= 15 is 0 Å². The first-order valence-electron chi connectivity index (χ1n) is 12.0. The van der Waals surface area contributed by atoms with Gasteiger partial charge in [-0.25, -0.2) is 4.39 Å². The quantitative estimate of drug-likeness (QED) is 0.386. The number of hydrogen-bond acceptors (Lipinski definition) is 5. The number of aromatic nitrogens is 2. The zero-order chi connectivity index (χ0) is 24.5. The fraction of sp³-hybridized carbons (Fsp3) is 0.321. The van der Waals surface area contributed by atoms with E-state index in [1.807, 2.05) is 55.3 Å².